The Labute approximate surface area is 91.0 Å². The molecule has 0 amide bonds. The lowest BCUT2D eigenvalue weighted by molar-refractivity contribution is -0.147. The minimum Gasteiger partial charge on any atom is -0.480 e. The van der Waals surface area contributed by atoms with E-state index in [2.05, 4.69) is 23.7 Å². The van der Waals surface area contributed by atoms with Crippen molar-refractivity contribution in [3.63, 3.8) is 0 Å². The molecule has 2 unspecified atom stereocenters. The van der Waals surface area contributed by atoms with E-state index in [4.69, 9.17) is 0 Å². The van der Waals surface area contributed by atoms with Crippen molar-refractivity contribution in [2.75, 3.05) is 20.1 Å². The Morgan fingerprint density at radius 1 is 1.80 bits per heavy atom. The van der Waals surface area contributed by atoms with Crippen LogP contribution in [0, 0.1) is 0 Å². The van der Waals surface area contributed by atoms with Gasteiger partial charge in [-0.3, -0.25) is 10.1 Å². The first-order chi connectivity index (χ1) is 7.02. The molecule has 1 fully saturated rings. The molecule has 0 aromatic carbocycles. The summed E-state index contributed by atoms with van der Waals surface area (Å²) in [6, 6.07) is 0.298. The molecule has 0 aromatic rings. The average Bonchev–Trinajstić information content (AvgIpc) is 2.20. The summed E-state index contributed by atoms with van der Waals surface area (Å²) in [5, 5.41) is 12.4. The fourth-order valence-electron chi connectivity index (χ4n) is 2.05. The van der Waals surface area contributed by atoms with Gasteiger partial charge in [0.1, 0.15) is 5.54 Å². The zero-order valence-corrected chi connectivity index (χ0v) is 9.49. The molecule has 1 rings (SSSR count). The number of likely N-dealkylation sites (tertiary alicyclic amines) is 1. The smallest absolute Gasteiger partial charge is 0.324 e. The first kappa shape index (κ1) is 12.2. The molecule has 0 aromatic heterocycles. The van der Waals surface area contributed by atoms with Crippen molar-refractivity contribution < 1.29 is 9.90 Å². The molecule has 4 heteroatoms. The van der Waals surface area contributed by atoms with Gasteiger partial charge in [0.15, 0.2) is 0 Å². The van der Waals surface area contributed by atoms with E-state index in [0.29, 0.717) is 25.4 Å². The summed E-state index contributed by atoms with van der Waals surface area (Å²) in [5.74, 6) is -0.746. The van der Waals surface area contributed by atoms with Crippen molar-refractivity contribution in [2.24, 2.45) is 0 Å². The molecule has 15 heavy (non-hydrogen) atoms. The predicted molar refractivity (Wildman–Crippen MR) is 59.9 cm³/mol. The lowest BCUT2D eigenvalue weighted by Gasteiger charge is -2.42. The molecule has 2 atom stereocenters. The van der Waals surface area contributed by atoms with Crippen LogP contribution in [0.5, 0.6) is 0 Å². The Hall–Kier alpha value is -0.870. The maximum atomic E-state index is 11.3. The summed E-state index contributed by atoms with van der Waals surface area (Å²) in [7, 11) is 2.03. The fraction of sp³-hybridized carbons (Fsp3) is 0.727. The zero-order chi connectivity index (χ0) is 11.5. The summed E-state index contributed by atoms with van der Waals surface area (Å²) in [4.78, 5) is 13.5. The number of hydrogen-bond acceptors (Lipinski definition) is 3. The third-order valence-electron chi connectivity index (χ3n) is 3.28. The van der Waals surface area contributed by atoms with Gasteiger partial charge >= 0.3 is 5.97 Å². The van der Waals surface area contributed by atoms with Crippen molar-refractivity contribution in [2.45, 2.75) is 31.3 Å². The van der Waals surface area contributed by atoms with Crippen LogP contribution in [0.3, 0.4) is 0 Å². The highest BCUT2D eigenvalue weighted by Crippen LogP contribution is 2.26. The number of carboxylic acid groups (broad SMARTS) is 1. The van der Waals surface area contributed by atoms with Crippen LogP contribution >= 0.6 is 0 Å². The van der Waals surface area contributed by atoms with Gasteiger partial charge in [-0.05, 0) is 26.8 Å². The van der Waals surface area contributed by atoms with Gasteiger partial charge in [0.25, 0.3) is 0 Å². The number of aliphatic carboxylic acids is 1. The summed E-state index contributed by atoms with van der Waals surface area (Å²) in [6.07, 6.45) is 3.00. The summed E-state index contributed by atoms with van der Waals surface area (Å²) in [5.41, 5.74) is -0.764. The van der Waals surface area contributed by atoms with Crippen LogP contribution in [0.4, 0.5) is 0 Å². The number of rotatable bonds is 4. The van der Waals surface area contributed by atoms with Gasteiger partial charge in [0.2, 0.25) is 0 Å². The third-order valence-corrected chi connectivity index (χ3v) is 3.28. The number of piperidine rings is 1. The monoisotopic (exact) mass is 212 g/mol. The summed E-state index contributed by atoms with van der Waals surface area (Å²) in [6.45, 7) is 7.03. The topological polar surface area (TPSA) is 52.6 Å². The van der Waals surface area contributed by atoms with E-state index in [1.165, 1.54) is 0 Å². The number of nitrogens with one attached hydrogen (secondary N) is 1. The van der Waals surface area contributed by atoms with Gasteiger partial charge in [-0.25, -0.2) is 0 Å². The molecule has 86 valence electrons. The second kappa shape index (κ2) is 4.77. The average molecular weight is 212 g/mol. The van der Waals surface area contributed by atoms with Crippen LogP contribution < -0.4 is 5.32 Å². The Bertz CT molecular complexity index is 255. The maximum Gasteiger partial charge on any atom is 0.324 e. The second-order valence-corrected chi connectivity index (χ2v) is 4.34. The van der Waals surface area contributed by atoms with E-state index in [0.717, 1.165) is 6.54 Å². The summed E-state index contributed by atoms with van der Waals surface area (Å²) < 4.78 is 0. The molecule has 1 heterocycles. The molecule has 0 radical (unpaired) electrons. The molecule has 1 saturated heterocycles. The highest BCUT2D eigenvalue weighted by atomic mass is 16.4. The van der Waals surface area contributed by atoms with E-state index < -0.39 is 11.5 Å². The van der Waals surface area contributed by atoms with Gasteiger partial charge in [0, 0.05) is 19.1 Å². The highest BCUT2D eigenvalue weighted by Gasteiger charge is 2.42. The molecule has 0 aliphatic carbocycles. The van der Waals surface area contributed by atoms with Crippen LogP contribution in [-0.4, -0.2) is 47.7 Å². The first-order valence-corrected chi connectivity index (χ1v) is 5.31. The van der Waals surface area contributed by atoms with Crippen LogP contribution in [0.1, 0.15) is 19.8 Å². The van der Waals surface area contributed by atoms with Crippen LogP contribution in [-0.2, 0) is 4.79 Å². The molecule has 2 N–H and O–H groups in total. The number of carbonyl (C=O) groups is 1. The van der Waals surface area contributed by atoms with Crippen molar-refractivity contribution in [1.82, 2.24) is 10.2 Å². The number of carboxylic acids is 1. The Morgan fingerprint density at radius 2 is 2.47 bits per heavy atom. The van der Waals surface area contributed by atoms with E-state index in [-0.39, 0.29) is 0 Å². The fourth-order valence-corrected chi connectivity index (χ4v) is 2.05. The standard InChI is InChI=1S/C11H20N2O2/c1-4-6-12-11(10(14)15)5-7-13(3)9(2)8-11/h4,9,12H,1,5-8H2,2-3H3,(H,14,15). The van der Waals surface area contributed by atoms with E-state index in [9.17, 15) is 9.90 Å². The lowest BCUT2D eigenvalue weighted by atomic mass is 9.84. The van der Waals surface area contributed by atoms with Crippen molar-refractivity contribution in [3.05, 3.63) is 12.7 Å². The normalized spacial score (nSPS) is 32.5. The maximum absolute atomic E-state index is 11.3. The van der Waals surface area contributed by atoms with Gasteiger partial charge in [-0.15, -0.1) is 6.58 Å². The Kier molecular flexibility index (Phi) is 3.88. The molecule has 1 aliphatic heterocycles. The Balaban J connectivity index is 2.74. The molecule has 0 bridgehead atoms. The molecule has 1 aliphatic rings. The van der Waals surface area contributed by atoms with Crippen molar-refractivity contribution in [3.8, 4) is 0 Å². The van der Waals surface area contributed by atoms with E-state index in [1.807, 2.05) is 7.05 Å². The zero-order valence-electron chi connectivity index (χ0n) is 9.49. The molecular weight excluding hydrogens is 192 g/mol. The van der Waals surface area contributed by atoms with E-state index in [1.54, 1.807) is 6.08 Å². The molecule has 4 nitrogen and oxygen atoms in total. The van der Waals surface area contributed by atoms with Gasteiger partial charge < -0.3 is 10.0 Å². The highest BCUT2D eigenvalue weighted by molar-refractivity contribution is 5.79. The molecular formula is C11H20N2O2. The van der Waals surface area contributed by atoms with Crippen molar-refractivity contribution >= 4 is 5.97 Å². The number of hydrogen-bond donors (Lipinski definition) is 2. The predicted octanol–water partition coefficient (Wildman–Crippen LogP) is 0.700. The van der Waals surface area contributed by atoms with Gasteiger partial charge in [0.05, 0.1) is 0 Å². The van der Waals surface area contributed by atoms with E-state index >= 15 is 0 Å². The van der Waals surface area contributed by atoms with Gasteiger partial charge in [-0.1, -0.05) is 6.08 Å². The second-order valence-electron chi connectivity index (χ2n) is 4.34. The lowest BCUT2D eigenvalue weighted by Crippen LogP contribution is -2.60. The minimum atomic E-state index is -0.764. The van der Waals surface area contributed by atoms with Crippen molar-refractivity contribution in [1.29, 1.82) is 0 Å². The number of nitrogens with zero attached hydrogens (tertiary/aromatic N) is 1. The quantitative estimate of drug-likeness (QED) is 0.674. The Morgan fingerprint density at radius 3 is 2.93 bits per heavy atom. The van der Waals surface area contributed by atoms with Crippen LogP contribution in [0.15, 0.2) is 12.7 Å². The SMILES string of the molecule is C=CCNC1(C(=O)O)CCN(C)C(C)C1. The molecule has 0 saturated carbocycles. The minimum absolute atomic E-state index is 0.298. The van der Waals surface area contributed by atoms with Gasteiger partial charge in [-0.2, -0.15) is 0 Å². The molecule has 0 spiro atoms. The first-order valence-electron chi connectivity index (χ1n) is 5.31. The largest absolute Gasteiger partial charge is 0.480 e. The third kappa shape index (κ3) is 2.58. The van der Waals surface area contributed by atoms with Crippen LogP contribution in [0.25, 0.3) is 0 Å². The van der Waals surface area contributed by atoms with Crippen LogP contribution in [0.2, 0.25) is 0 Å². The summed E-state index contributed by atoms with van der Waals surface area (Å²) >= 11 is 0.